The molecular weight excluding hydrogens is 674 g/mol. The van der Waals surface area contributed by atoms with Crippen LogP contribution < -0.4 is 20.7 Å². The second-order valence-corrected chi connectivity index (χ2v) is 11.7. The Hall–Kier alpha value is -5.53. The van der Waals surface area contributed by atoms with Crippen LogP contribution in [-0.4, -0.2) is 29.1 Å². The molecule has 4 aromatic carbocycles. The molecule has 0 aliphatic carbocycles. The van der Waals surface area contributed by atoms with Crippen LogP contribution in [0.25, 0.3) is 10.4 Å². The van der Waals surface area contributed by atoms with E-state index in [4.69, 9.17) is 20.4 Å². The summed E-state index contributed by atoms with van der Waals surface area (Å²) >= 11 is 1.67. The van der Waals surface area contributed by atoms with Crippen molar-refractivity contribution in [3.63, 3.8) is 0 Å². The maximum atomic E-state index is 14.0. The number of amides is 2. The third-order valence-corrected chi connectivity index (χ3v) is 8.08. The number of anilines is 1. The van der Waals surface area contributed by atoms with Gasteiger partial charge in [0.25, 0.3) is 0 Å². The van der Waals surface area contributed by atoms with Crippen LogP contribution in [0.15, 0.2) is 115 Å². The van der Waals surface area contributed by atoms with Crippen LogP contribution in [0.5, 0.6) is 11.5 Å². The summed E-state index contributed by atoms with van der Waals surface area (Å²) in [6, 6.07) is 33.3. The van der Waals surface area contributed by atoms with E-state index in [1.165, 1.54) is 10.9 Å². The molecule has 0 saturated carbocycles. The molecule has 0 spiro atoms. The van der Waals surface area contributed by atoms with Gasteiger partial charge in [-0.15, -0.1) is 11.3 Å². The van der Waals surface area contributed by atoms with E-state index in [1.807, 2.05) is 84.2 Å². The lowest BCUT2D eigenvalue weighted by atomic mass is 10.1. The minimum atomic E-state index is -5.08. The van der Waals surface area contributed by atoms with Crippen LogP contribution in [0.3, 0.4) is 0 Å². The summed E-state index contributed by atoms with van der Waals surface area (Å²) < 4.78 is 52.0. The number of aliphatic carboxylic acids is 1. The molecule has 0 aliphatic heterocycles. The SMILES string of the molecule is NCc1cccc(Oc2ccccc2N(Cc2ccc(-c3cccs3)cc2)C(=O)CCC(=O)NCc2ccccc2F)c1.O=C(O)C(F)(F)F. The van der Waals surface area contributed by atoms with E-state index in [0.717, 1.165) is 16.7 Å². The van der Waals surface area contributed by atoms with Gasteiger partial charge in [0.05, 0.1) is 12.2 Å². The lowest BCUT2D eigenvalue weighted by Crippen LogP contribution is -2.32. The van der Waals surface area contributed by atoms with E-state index in [1.54, 1.807) is 34.4 Å². The Labute approximate surface area is 289 Å². The topological polar surface area (TPSA) is 122 Å². The van der Waals surface area contributed by atoms with E-state index in [-0.39, 0.29) is 43.6 Å². The van der Waals surface area contributed by atoms with Crippen LogP contribution in [0, 0.1) is 5.82 Å². The van der Waals surface area contributed by atoms with Crippen molar-refractivity contribution in [1.29, 1.82) is 0 Å². The zero-order valence-electron chi connectivity index (χ0n) is 26.5. The van der Waals surface area contributed by atoms with Crippen molar-refractivity contribution >= 4 is 34.8 Å². The zero-order valence-corrected chi connectivity index (χ0v) is 27.3. The van der Waals surface area contributed by atoms with Crippen molar-refractivity contribution in [3.8, 4) is 21.9 Å². The molecule has 5 rings (SSSR count). The molecule has 0 saturated heterocycles. The number of alkyl halides is 3. The maximum absolute atomic E-state index is 14.0. The van der Waals surface area contributed by atoms with Crippen LogP contribution in [0.2, 0.25) is 0 Å². The molecule has 0 aliphatic rings. The minimum Gasteiger partial charge on any atom is -0.475 e. The number of halogens is 4. The zero-order chi connectivity index (χ0) is 36.1. The number of carbonyl (C=O) groups is 3. The van der Waals surface area contributed by atoms with Gasteiger partial charge in [0.15, 0.2) is 5.75 Å². The Morgan fingerprint density at radius 2 is 1.54 bits per heavy atom. The van der Waals surface area contributed by atoms with Crippen molar-refractivity contribution in [2.24, 2.45) is 5.73 Å². The van der Waals surface area contributed by atoms with Gasteiger partial charge in [0.2, 0.25) is 11.8 Å². The van der Waals surface area contributed by atoms with Gasteiger partial charge in [0, 0.05) is 36.4 Å². The first kappa shape index (κ1) is 37.3. The number of carboxylic acids is 1. The average molecular weight is 708 g/mol. The van der Waals surface area contributed by atoms with Gasteiger partial charge in [-0.25, -0.2) is 9.18 Å². The third-order valence-electron chi connectivity index (χ3n) is 7.16. The molecule has 0 atom stereocenters. The van der Waals surface area contributed by atoms with E-state index >= 15 is 0 Å². The van der Waals surface area contributed by atoms with Crippen LogP contribution in [0.1, 0.15) is 29.5 Å². The normalized spacial score (nSPS) is 10.8. The Morgan fingerprint density at radius 3 is 2.20 bits per heavy atom. The Bertz CT molecular complexity index is 1880. The van der Waals surface area contributed by atoms with Crippen molar-refractivity contribution in [2.75, 3.05) is 4.90 Å². The van der Waals surface area contributed by atoms with E-state index in [2.05, 4.69) is 11.4 Å². The lowest BCUT2D eigenvalue weighted by Gasteiger charge is -2.25. The molecule has 50 heavy (non-hydrogen) atoms. The van der Waals surface area contributed by atoms with Crippen molar-refractivity contribution < 1.29 is 41.8 Å². The summed E-state index contributed by atoms with van der Waals surface area (Å²) in [5.41, 5.74) is 9.75. The van der Waals surface area contributed by atoms with Gasteiger partial charge in [-0.2, -0.15) is 13.2 Å². The molecule has 4 N–H and O–H groups in total. The number of carboxylic acid groups (broad SMARTS) is 1. The van der Waals surface area contributed by atoms with Gasteiger partial charge in [-0.3, -0.25) is 9.59 Å². The predicted octanol–water partition coefficient (Wildman–Crippen LogP) is 8.07. The van der Waals surface area contributed by atoms with Crippen molar-refractivity contribution in [2.45, 2.75) is 38.7 Å². The number of benzene rings is 4. The summed E-state index contributed by atoms with van der Waals surface area (Å²) in [6.45, 7) is 0.714. The van der Waals surface area contributed by atoms with E-state index in [0.29, 0.717) is 29.3 Å². The molecule has 0 fully saturated rings. The molecule has 2 amide bonds. The number of nitrogens with zero attached hydrogens (tertiary/aromatic N) is 1. The summed E-state index contributed by atoms with van der Waals surface area (Å²) in [7, 11) is 0. The smallest absolute Gasteiger partial charge is 0.475 e. The standard InChI is InChI=1S/C35H32FN3O3S.C2HF3O2/c36-30-10-2-1-8-28(30)23-38-34(40)18-19-35(41)39(24-25-14-16-27(17-15-25)33-13-6-20-43-33)31-11-3-4-12-32(31)42-29-9-5-7-26(21-29)22-37;3-2(4,5)1(6)7/h1-17,20-21H,18-19,22-24,37H2,(H,38,40);(H,6,7). The molecule has 5 aromatic rings. The fraction of sp³-hybridized carbons (Fsp3) is 0.162. The minimum absolute atomic E-state index is 0.0343. The van der Waals surface area contributed by atoms with Crippen molar-refractivity contribution in [3.05, 3.63) is 137 Å². The molecule has 0 radical (unpaired) electrons. The van der Waals surface area contributed by atoms with Gasteiger partial charge in [-0.1, -0.05) is 72.8 Å². The Balaban J connectivity index is 0.000000727. The Morgan fingerprint density at radius 1 is 0.840 bits per heavy atom. The number of rotatable bonds is 12. The summed E-state index contributed by atoms with van der Waals surface area (Å²) in [4.78, 5) is 38.1. The number of thiophene rings is 1. The Kier molecular flexibility index (Phi) is 13.2. The average Bonchev–Trinajstić information content (AvgIpc) is 3.65. The van der Waals surface area contributed by atoms with Gasteiger partial charge in [0.1, 0.15) is 11.6 Å². The molecule has 1 heterocycles. The number of nitrogens with one attached hydrogen (secondary N) is 1. The fourth-order valence-electron chi connectivity index (χ4n) is 4.62. The number of para-hydroxylation sites is 2. The fourth-order valence-corrected chi connectivity index (χ4v) is 5.35. The molecule has 0 unspecified atom stereocenters. The van der Waals surface area contributed by atoms with E-state index < -0.39 is 12.1 Å². The predicted molar refractivity (Wildman–Crippen MR) is 183 cm³/mol. The van der Waals surface area contributed by atoms with Crippen molar-refractivity contribution in [1.82, 2.24) is 5.32 Å². The summed E-state index contributed by atoms with van der Waals surface area (Å²) in [5.74, 6) is -2.61. The number of carbonyl (C=O) groups excluding carboxylic acids is 2. The highest BCUT2D eigenvalue weighted by atomic mass is 32.1. The van der Waals surface area contributed by atoms with Crippen LogP contribution >= 0.6 is 11.3 Å². The molecular formula is C37H33F4N3O5S. The first-order valence-electron chi connectivity index (χ1n) is 15.2. The number of hydrogen-bond acceptors (Lipinski definition) is 6. The molecule has 0 bridgehead atoms. The molecule has 260 valence electrons. The van der Waals surface area contributed by atoms with Gasteiger partial charge < -0.3 is 25.8 Å². The van der Waals surface area contributed by atoms with Crippen LogP contribution in [0.4, 0.5) is 23.2 Å². The number of hydrogen-bond donors (Lipinski definition) is 3. The highest BCUT2D eigenvalue weighted by Crippen LogP contribution is 2.34. The molecule has 8 nitrogen and oxygen atoms in total. The summed E-state index contributed by atoms with van der Waals surface area (Å²) in [6.07, 6.45) is -5.16. The van der Waals surface area contributed by atoms with Gasteiger partial charge >= 0.3 is 12.1 Å². The second-order valence-electron chi connectivity index (χ2n) is 10.7. The monoisotopic (exact) mass is 707 g/mol. The van der Waals surface area contributed by atoms with E-state index in [9.17, 15) is 27.2 Å². The number of ether oxygens (including phenoxy) is 1. The second kappa shape index (κ2) is 17.7. The quantitative estimate of drug-likeness (QED) is 0.113. The van der Waals surface area contributed by atoms with Gasteiger partial charge in [-0.05, 0) is 58.5 Å². The molecule has 1 aromatic heterocycles. The largest absolute Gasteiger partial charge is 0.490 e. The third kappa shape index (κ3) is 11.0. The first-order chi connectivity index (χ1) is 23.9. The highest BCUT2D eigenvalue weighted by molar-refractivity contribution is 7.13. The summed E-state index contributed by atoms with van der Waals surface area (Å²) in [5, 5.41) is 11.9. The van der Waals surface area contributed by atoms with Crippen LogP contribution in [-0.2, 0) is 34.0 Å². The first-order valence-corrected chi connectivity index (χ1v) is 16.1. The lowest BCUT2D eigenvalue weighted by molar-refractivity contribution is -0.192. The highest BCUT2D eigenvalue weighted by Gasteiger charge is 2.38. The molecule has 13 heteroatoms. The maximum Gasteiger partial charge on any atom is 0.490 e. The number of nitrogens with two attached hydrogens (primary N) is 1.